The topological polar surface area (TPSA) is 35.6 Å². The molecule has 4 heteroatoms. The zero-order valence-corrected chi connectivity index (χ0v) is 23.8. The highest BCUT2D eigenvalue weighted by atomic mass is 15.0. The Hall–Kier alpha value is -6.00. The molecule has 0 aliphatic carbocycles. The van der Waals surface area contributed by atoms with E-state index in [4.69, 9.17) is 9.97 Å². The lowest BCUT2D eigenvalue weighted by Gasteiger charge is -2.13. The van der Waals surface area contributed by atoms with Gasteiger partial charge in [-0.25, -0.2) is 0 Å². The summed E-state index contributed by atoms with van der Waals surface area (Å²) in [5.74, 6) is 0. The number of rotatable bonds is 4. The summed E-state index contributed by atoms with van der Waals surface area (Å²) < 4.78 is 4.77. The molecule has 4 aromatic heterocycles. The molecule has 0 spiro atoms. The lowest BCUT2D eigenvalue weighted by atomic mass is 10.0. The second kappa shape index (κ2) is 9.79. The normalized spacial score (nSPS) is 11.6. The predicted molar refractivity (Wildman–Crippen MR) is 182 cm³/mol. The molecule has 44 heavy (non-hydrogen) atoms. The van der Waals surface area contributed by atoms with E-state index in [2.05, 4.69) is 143 Å². The van der Waals surface area contributed by atoms with Gasteiger partial charge >= 0.3 is 0 Å². The van der Waals surface area contributed by atoms with Gasteiger partial charge in [0.25, 0.3) is 0 Å². The Morgan fingerprint density at radius 3 is 1.27 bits per heavy atom. The fraction of sp³-hybridized carbons (Fsp3) is 0. The van der Waals surface area contributed by atoms with Crippen LogP contribution in [0.2, 0.25) is 0 Å². The average molecular weight is 563 g/mol. The molecule has 0 unspecified atom stereocenters. The van der Waals surface area contributed by atoms with Gasteiger partial charge in [-0.15, -0.1) is 0 Å². The van der Waals surface area contributed by atoms with Gasteiger partial charge in [-0.2, -0.15) is 0 Å². The third-order valence-electron chi connectivity index (χ3n) is 8.62. The molecule has 0 saturated carbocycles. The van der Waals surface area contributed by atoms with Crippen LogP contribution in [0.4, 0.5) is 0 Å². The lowest BCUT2D eigenvalue weighted by Crippen LogP contribution is -1.98. The maximum atomic E-state index is 4.71. The van der Waals surface area contributed by atoms with Crippen molar-refractivity contribution in [2.45, 2.75) is 0 Å². The fourth-order valence-corrected chi connectivity index (χ4v) is 6.84. The van der Waals surface area contributed by atoms with Gasteiger partial charge in [-0.1, -0.05) is 78.9 Å². The van der Waals surface area contributed by atoms with E-state index in [1.165, 1.54) is 32.6 Å². The summed E-state index contributed by atoms with van der Waals surface area (Å²) in [6.07, 6.45) is 3.73. The first kappa shape index (κ1) is 24.6. The molecule has 9 rings (SSSR count). The van der Waals surface area contributed by atoms with Crippen LogP contribution in [0.5, 0.6) is 0 Å². The Bertz CT molecular complexity index is 2320. The summed E-state index contributed by atoms with van der Waals surface area (Å²) in [6, 6.07) is 51.5. The van der Waals surface area contributed by atoms with Crippen molar-refractivity contribution in [3.8, 4) is 33.9 Å². The number of pyridine rings is 2. The molecule has 0 radical (unpaired) electrons. The summed E-state index contributed by atoms with van der Waals surface area (Å²) in [5, 5.41) is 4.85. The number of aromatic nitrogens is 4. The summed E-state index contributed by atoms with van der Waals surface area (Å²) in [4.78, 5) is 9.41. The Morgan fingerprint density at radius 2 is 0.795 bits per heavy atom. The van der Waals surface area contributed by atoms with E-state index in [0.717, 1.165) is 44.9 Å². The highest BCUT2D eigenvalue weighted by Crippen LogP contribution is 2.40. The maximum Gasteiger partial charge on any atom is 0.0708 e. The standard InChI is InChI=1S/C40H26N4/c1-3-20-35-31(14-1)39-29(33-18-5-7-24-41-33)16-10-22-37(39)43(35)27-12-9-13-28(26-27)44-36-21-4-2-15-32(36)40-30(17-11-23-38(40)44)34-19-6-8-25-42-34/h1-26H. The van der Waals surface area contributed by atoms with Crippen LogP contribution in [0, 0.1) is 0 Å². The Morgan fingerprint density at radius 1 is 0.364 bits per heavy atom. The monoisotopic (exact) mass is 562 g/mol. The van der Waals surface area contributed by atoms with Crippen LogP contribution in [-0.2, 0) is 0 Å². The van der Waals surface area contributed by atoms with Crippen molar-refractivity contribution in [3.63, 3.8) is 0 Å². The number of nitrogens with zero attached hydrogens (tertiary/aromatic N) is 4. The van der Waals surface area contributed by atoms with Crippen LogP contribution < -0.4 is 0 Å². The van der Waals surface area contributed by atoms with Crippen LogP contribution >= 0.6 is 0 Å². The van der Waals surface area contributed by atoms with Gasteiger partial charge in [0.15, 0.2) is 0 Å². The van der Waals surface area contributed by atoms with Gasteiger partial charge in [0, 0.05) is 56.4 Å². The van der Waals surface area contributed by atoms with E-state index in [9.17, 15) is 0 Å². The molecule has 206 valence electrons. The van der Waals surface area contributed by atoms with E-state index in [-0.39, 0.29) is 0 Å². The summed E-state index contributed by atoms with van der Waals surface area (Å²) >= 11 is 0. The minimum atomic E-state index is 0.976. The number of hydrogen-bond donors (Lipinski definition) is 0. The molecule has 0 N–H and O–H groups in total. The van der Waals surface area contributed by atoms with Crippen molar-refractivity contribution in [2.75, 3.05) is 0 Å². The van der Waals surface area contributed by atoms with E-state index < -0.39 is 0 Å². The second-order valence-corrected chi connectivity index (χ2v) is 11.1. The lowest BCUT2D eigenvalue weighted by molar-refractivity contribution is 1.13. The predicted octanol–water partition coefficient (Wildman–Crippen LogP) is 10.0. The summed E-state index contributed by atoms with van der Waals surface area (Å²) in [7, 11) is 0. The van der Waals surface area contributed by atoms with Crippen LogP contribution in [0.15, 0.2) is 158 Å². The molecule has 0 saturated heterocycles. The van der Waals surface area contributed by atoms with Crippen LogP contribution in [0.3, 0.4) is 0 Å². The highest BCUT2D eigenvalue weighted by Gasteiger charge is 2.19. The highest BCUT2D eigenvalue weighted by molar-refractivity contribution is 6.16. The summed E-state index contributed by atoms with van der Waals surface area (Å²) in [5.41, 5.74) is 11.1. The first-order valence-corrected chi connectivity index (χ1v) is 14.8. The van der Waals surface area contributed by atoms with Crippen molar-refractivity contribution < 1.29 is 0 Å². The van der Waals surface area contributed by atoms with Crippen molar-refractivity contribution in [2.24, 2.45) is 0 Å². The van der Waals surface area contributed by atoms with Crippen molar-refractivity contribution >= 4 is 43.6 Å². The molecule has 0 bridgehead atoms. The van der Waals surface area contributed by atoms with Crippen LogP contribution in [0.1, 0.15) is 0 Å². The first-order chi connectivity index (χ1) is 21.9. The van der Waals surface area contributed by atoms with Crippen molar-refractivity contribution in [3.05, 3.63) is 158 Å². The Kier molecular flexibility index (Phi) is 5.47. The Labute approximate surface area is 254 Å². The zero-order valence-electron chi connectivity index (χ0n) is 23.8. The maximum absolute atomic E-state index is 4.71. The molecule has 5 aromatic carbocycles. The molecule has 0 aliphatic heterocycles. The quantitative estimate of drug-likeness (QED) is 0.214. The van der Waals surface area contributed by atoms with Gasteiger partial charge in [0.1, 0.15) is 0 Å². The smallest absolute Gasteiger partial charge is 0.0708 e. The number of benzene rings is 5. The average Bonchev–Trinajstić information content (AvgIpc) is 3.62. The van der Waals surface area contributed by atoms with Crippen molar-refractivity contribution in [1.29, 1.82) is 0 Å². The first-order valence-electron chi connectivity index (χ1n) is 14.8. The number of fused-ring (bicyclic) bond motifs is 6. The van der Waals surface area contributed by atoms with Crippen LogP contribution in [-0.4, -0.2) is 19.1 Å². The molecular weight excluding hydrogens is 536 g/mol. The van der Waals surface area contributed by atoms with E-state index >= 15 is 0 Å². The number of hydrogen-bond acceptors (Lipinski definition) is 2. The molecule has 0 atom stereocenters. The van der Waals surface area contributed by atoms with Gasteiger partial charge in [-0.3, -0.25) is 9.97 Å². The van der Waals surface area contributed by atoms with Gasteiger partial charge in [0.05, 0.1) is 33.5 Å². The molecule has 4 nitrogen and oxygen atoms in total. The SMILES string of the molecule is c1ccc(-c2cccc3c2c2ccccc2n3-c2cccc(-n3c4ccccc4c4c(-c5ccccn5)cccc43)c2)nc1. The van der Waals surface area contributed by atoms with E-state index in [1.54, 1.807) is 0 Å². The molecule has 9 aromatic rings. The minimum absolute atomic E-state index is 0.976. The molecular formula is C40H26N4. The second-order valence-electron chi connectivity index (χ2n) is 11.1. The molecule has 4 heterocycles. The molecule has 0 amide bonds. The van der Waals surface area contributed by atoms with E-state index in [0.29, 0.717) is 0 Å². The van der Waals surface area contributed by atoms with Gasteiger partial charge < -0.3 is 9.13 Å². The van der Waals surface area contributed by atoms with E-state index in [1.807, 2.05) is 24.5 Å². The third-order valence-corrected chi connectivity index (χ3v) is 8.62. The van der Waals surface area contributed by atoms with Gasteiger partial charge in [0.2, 0.25) is 0 Å². The zero-order chi connectivity index (χ0) is 29.0. The fourth-order valence-electron chi connectivity index (χ4n) is 6.84. The third kappa shape index (κ3) is 3.64. The largest absolute Gasteiger partial charge is 0.309 e. The minimum Gasteiger partial charge on any atom is -0.309 e. The Balaban J connectivity index is 1.32. The summed E-state index contributed by atoms with van der Waals surface area (Å²) in [6.45, 7) is 0. The van der Waals surface area contributed by atoms with Crippen molar-refractivity contribution in [1.82, 2.24) is 19.1 Å². The van der Waals surface area contributed by atoms with Crippen LogP contribution in [0.25, 0.3) is 77.5 Å². The van der Waals surface area contributed by atoms with Gasteiger partial charge in [-0.05, 0) is 66.7 Å². The number of para-hydroxylation sites is 2. The molecule has 0 fully saturated rings. The molecule has 0 aliphatic rings.